The van der Waals surface area contributed by atoms with E-state index in [0.29, 0.717) is 11.3 Å². The number of carbonyl (C=O) groups is 2. The Bertz CT molecular complexity index is 500. The lowest BCUT2D eigenvalue weighted by atomic mass is 10.0. The van der Waals surface area contributed by atoms with Crippen LogP contribution in [0, 0.1) is 18.7 Å². The second kappa shape index (κ2) is 7.03. The van der Waals surface area contributed by atoms with E-state index in [9.17, 15) is 14.0 Å². The Balaban J connectivity index is 2.54. The number of ketones is 1. The molecule has 0 saturated carbocycles. The number of halogens is 1. The van der Waals surface area contributed by atoms with E-state index < -0.39 is 6.04 Å². The predicted octanol–water partition coefficient (Wildman–Crippen LogP) is 2.24. The summed E-state index contributed by atoms with van der Waals surface area (Å²) < 4.78 is 18.3. The zero-order valence-electron chi connectivity index (χ0n) is 12.2. The number of rotatable bonds is 6. The van der Waals surface area contributed by atoms with Gasteiger partial charge in [-0.05, 0) is 43.5 Å². The topological polar surface area (TPSA) is 55.4 Å². The van der Waals surface area contributed by atoms with Crippen LogP contribution in [-0.4, -0.2) is 24.3 Å². The van der Waals surface area contributed by atoms with Crippen LogP contribution in [0.3, 0.4) is 0 Å². The third-order valence-electron chi connectivity index (χ3n) is 2.92. The highest BCUT2D eigenvalue weighted by atomic mass is 19.1. The van der Waals surface area contributed by atoms with Crippen molar-refractivity contribution in [3.63, 3.8) is 0 Å². The SMILES string of the molecule is CC(=O)C(NC(=O)COc1ccc(F)c(C)c1)C(C)C. The number of benzene rings is 1. The molecule has 1 amide bonds. The molecule has 0 aliphatic heterocycles. The van der Waals surface area contributed by atoms with Gasteiger partial charge in [0, 0.05) is 0 Å². The summed E-state index contributed by atoms with van der Waals surface area (Å²) in [5.41, 5.74) is 0.451. The normalized spacial score (nSPS) is 12.1. The van der Waals surface area contributed by atoms with Crippen molar-refractivity contribution >= 4 is 11.7 Å². The minimum Gasteiger partial charge on any atom is -0.484 e. The molecule has 0 aliphatic carbocycles. The fraction of sp³-hybridized carbons (Fsp3) is 0.467. The molecule has 1 unspecified atom stereocenters. The van der Waals surface area contributed by atoms with Crippen LogP contribution in [0.15, 0.2) is 18.2 Å². The molecule has 0 saturated heterocycles. The highest BCUT2D eigenvalue weighted by Gasteiger charge is 2.20. The highest BCUT2D eigenvalue weighted by Crippen LogP contribution is 2.15. The lowest BCUT2D eigenvalue weighted by Crippen LogP contribution is -2.45. The summed E-state index contributed by atoms with van der Waals surface area (Å²) in [7, 11) is 0. The van der Waals surface area contributed by atoms with E-state index in [-0.39, 0.29) is 30.0 Å². The third-order valence-corrected chi connectivity index (χ3v) is 2.92. The van der Waals surface area contributed by atoms with Crippen LogP contribution >= 0.6 is 0 Å². The van der Waals surface area contributed by atoms with Crippen molar-refractivity contribution in [3.8, 4) is 5.75 Å². The maximum Gasteiger partial charge on any atom is 0.258 e. The molecule has 1 aromatic rings. The minimum absolute atomic E-state index is 0.0181. The first-order chi connectivity index (χ1) is 9.31. The predicted molar refractivity (Wildman–Crippen MR) is 74.1 cm³/mol. The lowest BCUT2D eigenvalue weighted by Gasteiger charge is -2.19. The molecule has 0 aliphatic rings. The van der Waals surface area contributed by atoms with Gasteiger partial charge < -0.3 is 10.1 Å². The molecule has 0 radical (unpaired) electrons. The molecule has 0 heterocycles. The summed E-state index contributed by atoms with van der Waals surface area (Å²) in [5.74, 6) is -0.349. The van der Waals surface area contributed by atoms with Gasteiger partial charge in [-0.15, -0.1) is 0 Å². The second-order valence-electron chi connectivity index (χ2n) is 5.10. The number of Topliss-reactive ketones (excluding diaryl/α,β-unsaturated/α-hetero) is 1. The number of amides is 1. The Labute approximate surface area is 118 Å². The zero-order chi connectivity index (χ0) is 15.3. The fourth-order valence-electron chi connectivity index (χ4n) is 1.81. The van der Waals surface area contributed by atoms with Gasteiger partial charge in [0.05, 0.1) is 6.04 Å². The molecule has 1 aromatic carbocycles. The van der Waals surface area contributed by atoms with Crippen LogP contribution in [-0.2, 0) is 9.59 Å². The van der Waals surface area contributed by atoms with Gasteiger partial charge in [0.2, 0.25) is 0 Å². The first-order valence-electron chi connectivity index (χ1n) is 6.50. The van der Waals surface area contributed by atoms with Crippen LogP contribution in [0.1, 0.15) is 26.3 Å². The Morgan fingerprint density at radius 2 is 2.00 bits per heavy atom. The lowest BCUT2D eigenvalue weighted by molar-refractivity contribution is -0.129. The van der Waals surface area contributed by atoms with E-state index in [1.54, 1.807) is 6.92 Å². The van der Waals surface area contributed by atoms with Gasteiger partial charge in [0.1, 0.15) is 11.6 Å². The zero-order valence-corrected chi connectivity index (χ0v) is 12.2. The van der Waals surface area contributed by atoms with Gasteiger partial charge in [0.15, 0.2) is 12.4 Å². The minimum atomic E-state index is -0.513. The molecule has 0 aromatic heterocycles. The van der Waals surface area contributed by atoms with E-state index in [0.717, 1.165) is 0 Å². The Morgan fingerprint density at radius 1 is 1.35 bits per heavy atom. The van der Waals surface area contributed by atoms with E-state index in [1.807, 2.05) is 13.8 Å². The van der Waals surface area contributed by atoms with Crippen molar-refractivity contribution in [3.05, 3.63) is 29.6 Å². The number of ether oxygens (including phenoxy) is 1. The second-order valence-corrected chi connectivity index (χ2v) is 5.10. The highest BCUT2D eigenvalue weighted by molar-refractivity contribution is 5.88. The summed E-state index contributed by atoms with van der Waals surface area (Å²) in [6.45, 7) is 6.57. The van der Waals surface area contributed by atoms with Crippen molar-refractivity contribution < 1.29 is 18.7 Å². The largest absolute Gasteiger partial charge is 0.484 e. The van der Waals surface area contributed by atoms with Gasteiger partial charge in [-0.25, -0.2) is 4.39 Å². The first kappa shape index (κ1) is 16.1. The van der Waals surface area contributed by atoms with Crippen LogP contribution in [0.5, 0.6) is 5.75 Å². The van der Waals surface area contributed by atoms with Crippen LogP contribution in [0.25, 0.3) is 0 Å². The van der Waals surface area contributed by atoms with E-state index in [4.69, 9.17) is 4.74 Å². The Hall–Kier alpha value is -1.91. The standard InChI is InChI=1S/C15H20FNO3/c1-9(2)15(11(4)18)17-14(19)8-20-12-5-6-13(16)10(3)7-12/h5-7,9,15H,8H2,1-4H3,(H,17,19). The average Bonchev–Trinajstić information content (AvgIpc) is 2.36. The van der Waals surface area contributed by atoms with E-state index >= 15 is 0 Å². The molecule has 20 heavy (non-hydrogen) atoms. The van der Waals surface area contributed by atoms with Gasteiger partial charge in [-0.3, -0.25) is 9.59 Å². The molecule has 0 bridgehead atoms. The molecule has 1 atom stereocenters. The summed E-state index contributed by atoms with van der Waals surface area (Å²) in [6.07, 6.45) is 0. The Morgan fingerprint density at radius 3 is 2.50 bits per heavy atom. The number of hydrogen-bond acceptors (Lipinski definition) is 3. The summed E-state index contributed by atoms with van der Waals surface area (Å²) in [4.78, 5) is 23.1. The molecule has 4 nitrogen and oxygen atoms in total. The van der Waals surface area contributed by atoms with Gasteiger partial charge in [-0.1, -0.05) is 13.8 Å². The van der Waals surface area contributed by atoms with E-state index in [1.165, 1.54) is 25.1 Å². The average molecular weight is 281 g/mol. The summed E-state index contributed by atoms with van der Waals surface area (Å²) >= 11 is 0. The third kappa shape index (κ3) is 4.64. The van der Waals surface area contributed by atoms with Gasteiger partial charge in [-0.2, -0.15) is 0 Å². The van der Waals surface area contributed by atoms with Crippen molar-refractivity contribution in [2.24, 2.45) is 5.92 Å². The van der Waals surface area contributed by atoms with Crippen LogP contribution < -0.4 is 10.1 Å². The first-order valence-corrected chi connectivity index (χ1v) is 6.50. The fourth-order valence-corrected chi connectivity index (χ4v) is 1.81. The monoisotopic (exact) mass is 281 g/mol. The number of hydrogen-bond donors (Lipinski definition) is 1. The molecule has 1 rings (SSSR count). The smallest absolute Gasteiger partial charge is 0.258 e. The van der Waals surface area contributed by atoms with Crippen molar-refractivity contribution in [2.75, 3.05) is 6.61 Å². The number of nitrogens with one attached hydrogen (secondary N) is 1. The van der Waals surface area contributed by atoms with Crippen molar-refractivity contribution in [1.82, 2.24) is 5.32 Å². The number of aryl methyl sites for hydroxylation is 1. The molecule has 0 spiro atoms. The van der Waals surface area contributed by atoms with Crippen LogP contribution in [0.2, 0.25) is 0 Å². The molecular formula is C15H20FNO3. The molecule has 1 N–H and O–H groups in total. The molecule has 5 heteroatoms. The quantitative estimate of drug-likeness (QED) is 0.870. The summed E-state index contributed by atoms with van der Waals surface area (Å²) in [6, 6.07) is 3.75. The van der Waals surface area contributed by atoms with Gasteiger partial charge in [0.25, 0.3) is 5.91 Å². The Kier molecular flexibility index (Phi) is 5.67. The summed E-state index contributed by atoms with van der Waals surface area (Å²) in [5, 5.41) is 2.62. The molecular weight excluding hydrogens is 261 g/mol. The van der Waals surface area contributed by atoms with Crippen molar-refractivity contribution in [2.45, 2.75) is 33.7 Å². The maximum absolute atomic E-state index is 13.1. The van der Waals surface area contributed by atoms with Crippen LogP contribution in [0.4, 0.5) is 4.39 Å². The number of carbonyl (C=O) groups excluding carboxylic acids is 2. The van der Waals surface area contributed by atoms with Gasteiger partial charge >= 0.3 is 0 Å². The molecule has 110 valence electrons. The van der Waals surface area contributed by atoms with E-state index in [2.05, 4.69) is 5.32 Å². The molecule has 0 fully saturated rings. The maximum atomic E-state index is 13.1. The van der Waals surface area contributed by atoms with Crippen molar-refractivity contribution in [1.29, 1.82) is 0 Å².